The predicted octanol–water partition coefficient (Wildman–Crippen LogP) is 15.3. The highest BCUT2D eigenvalue weighted by Gasteiger charge is 2.19. The Bertz CT molecular complexity index is 3380. The average molecular weight is 744 g/mol. The van der Waals surface area contributed by atoms with Crippen molar-refractivity contribution in [3.05, 3.63) is 187 Å². The van der Waals surface area contributed by atoms with E-state index in [0.717, 1.165) is 72.4 Å². The fourth-order valence-electron chi connectivity index (χ4n) is 8.63. The third-order valence-electron chi connectivity index (χ3n) is 11.6. The molecule has 10 rings (SSSR count). The highest BCUT2D eigenvalue weighted by atomic mass is 14.8. The first-order valence-corrected chi connectivity index (χ1v) is 20.0. The van der Waals surface area contributed by atoms with Gasteiger partial charge in [0.1, 0.15) is 0 Å². The van der Waals surface area contributed by atoms with E-state index in [1.807, 2.05) is 13.0 Å². The highest BCUT2D eigenvalue weighted by molar-refractivity contribution is 6.33. The minimum atomic E-state index is 0.909. The molecule has 0 aliphatic rings. The lowest BCUT2D eigenvalue weighted by molar-refractivity contribution is 1.34. The minimum absolute atomic E-state index is 0.909. The maximum atomic E-state index is 5.44. The number of rotatable bonds is 6. The zero-order valence-corrected chi connectivity index (χ0v) is 33.1. The van der Waals surface area contributed by atoms with Crippen LogP contribution in [-0.2, 0) is 0 Å². The van der Waals surface area contributed by atoms with E-state index in [4.69, 9.17) is 15.0 Å². The molecule has 2 heterocycles. The van der Waals surface area contributed by atoms with Crippen LogP contribution in [0, 0.1) is 6.92 Å². The molecule has 0 radical (unpaired) electrons. The lowest BCUT2D eigenvalue weighted by atomic mass is 9.89. The summed E-state index contributed by atoms with van der Waals surface area (Å²) in [6.45, 7) is 8.31. The number of para-hydroxylation sites is 1. The third-order valence-corrected chi connectivity index (χ3v) is 11.6. The summed E-state index contributed by atoms with van der Waals surface area (Å²) >= 11 is 0. The molecule has 3 heteroatoms. The quantitative estimate of drug-likeness (QED) is 0.0966. The zero-order valence-electron chi connectivity index (χ0n) is 33.1. The first-order valence-electron chi connectivity index (χ1n) is 20.0. The van der Waals surface area contributed by atoms with E-state index in [9.17, 15) is 0 Å². The fraction of sp³-hybridized carbons (Fsp3) is 0.0727. The smallest absolute Gasteiger partial charge is 0.0968 e. The van der Waals surface area contributed by atoms with E-state index in [0.29, 0.717) is 0 Å². The SMILES string of the molecule is C\C=C/C=C(C)/C(C)=N/c1c(C)ccc2ccc(-c3ccc(-c4cccc(-c5nc6ccccc6c6c7ccccc7c7ccccc7c56)c4)c4ccccc34)nc12. The van der Waals surface area contributed by atoms with Gasteiger partial charge in [0.15, 0.2) is 0 Å². The molecule has 0 saturated carbocycles. The molecule has 3 nitrogen and oxygen atoms in total. The second-order valence-electron chi connectivity index (χ2n) is 15.2. The number of hydrogen-bond donors (Lipinski definition) is 0. The van der Waals surface area contributed by atoms with Crippen molar-refractivity contribution in [3.63, 3.8) is 0 Å². The number of aliphatic imine (C=N–C) groups is 1. The number of aryl methyl sites for hydroxylation is 1. The molecule has 0 bridgehead atoms. The van der Waals surface area contributed by atoms with E-state index in [1.165, 1.54) is 48.7 Å². The van der Waals surface area contributed by atoms with Gasteiger partial charge >= 0.3 is 0 Å². The fourth-order valence-corrected chi connectivity index (χ4v) is 8.63. The number of nitrogens with zero attached hydrogens (tertiary/aromatic N) is 3. The summed E-state index contributed by atoms with van der Waals surface area (Å²) in [6, 6.07) is 56.8. The molecule has 8 aromatic carbocycles. The lowest BCUT2D eigenvalue weighted by Gasteiger charge is -2.17. The Morgan fingerprint density at radius 2 is 1.14 bits per heavy atom. The lowest BCUT2D eigenvalue weighted by Crippen LogP contribution is -1.95. The third kappa shape index (κ3) is 5.86. The number of allylic oxidation sites excluding steroid dienone is 4. The van der Waals surface area contributed by atoms with Crippen LogP contribution >= 0.6 is 0 Å². The number of fused-ring (bicyclic) bond motifs is 10. The Labute approximate surface area is 338 Å². The summed E-state index contributed by atoms with van der Waals surface area (Å²) in [5.74, 6) is 0. The Morgan fingerprint density at radius 3 is 1.88 bits per heavy atom. The Hall–Kier alpha value is -7.23. The Kier molecular flexibility index (Phi) is 8.72. The standard InChI is InChI=1S/C55H41N3/c1-5-6-16-34(2)36(4)56-53-35(3)27-28-37-29-32-50(58-55(37)53)45-31-30-40(41-19-7-8-20-42(41)45)38-17-15-18-39(33-38)54-52-47-24-12-10-22-44(47)43-21-9-11-23-46(43)51(52)48-25-13-14-26-49(48)57-54/h5-33H,1-4H3/b6-5-,34-16+,56-36+. The molecule has 0 unspecified atom stereocenters. The van der Waals surface area contributed by atoms with Gasteiger partial charge in [-0.05, 0) is 100 Å². The van der Waals surface area contributed by atoms with Crippen molar-refractivity contribution in [2.24, 2.45) is 4.99 Å². The summed E-state index contributed by atoms with van der Waals surface area (Å²) in [7, 11) is 0. The van der Waals surface area contributed by atoms with Crippen LogP contribution in [0.25, 0.3) is 98.5 Å². The van der Waals surface area contributed by atoms with Crippen molar-refractivity contribution in [3.8, 4) is 33.6 Å². The molecule has 0 aliphatic heterocycles. The van der Waals surface area contributed by atoms with Crippen LogP contribution in [-0.4, -0.2) is 15.7 Å². The molecular formula is C55H41N3. The summed E-state index contributed by atoms with van der Waals surface area (Å²) < 4.78 is 0. The maximum Gasteiger partial charge on any atom is 0.0968 e. The first-order chi connectivity index (χ1) is 28.5. The largest absolute Gasteiger partial charge is 0.251 e. The van der Waals surface area contributed by atoms with Gasteiger partial charge in [0, 0.05) is 38.4 Å². The number of aromatic nitrogens is 2. The van der Waals surface area contributed by atoms with Gasteiger partial charge in [-0.15, -0.1) is 0 Å². The van der Waals surface area contributed by atoms with Gasteiger partial charge in [-0.25, -0.2) is 9.97 Å². The number of benzene rings is 8. The summed E-state index contributed by atoms with van der Waals surface area (Å²) in [6.07, 6.45) is 6.19. The van der Waals surface area contributed by atoms with E-state index in [-0.39, 0.29) is 0 Å². The van der Waals surface area contributed by atoms with Crippen LogP contribution in [0.4, 0.5) is 5.69 Å². The van der Waals surface area contributed by atoms with Gasteiger partial charge in [0.05, 0.1) is 28.1 Å². The van der Waals surface area contributed by atoms with Gasteiger partial charge < -0.3 is 0 Å². The van der Waals surface area contributed by atoms with E-state index in [2.05, 4.69) is 191 Å². The predicted molar refractivity (Wildman–Crippen MR) is 249 cm³/mol. The van der Waals surface area contributed by atoms with E-state index >= 15 is 0 Å². The molecule has 0 N–H and O–H groups in total. The molecule has 0 atom stereocenters. The molecule has 58 heavy (non-hydrogen) atoms. The van der Waals surface area contributed by atoms with Crippen LogP contribution in [0.3, 0.4) is 0 Å². The van der Waals surface area contributed by atoms with Gasteiger partial charge in [0.25, 0.3) is 0 Å². The maximum absolute atomic E-state index is 5.44. The average Bonchev–Trinajstić information content (AvgIpc) is 3.28. The topological polar surface area (TPSA) is 38.1 Å². The Morgan fingerprint density at radius 1 is 0.534 bits per heavy atom. The van der Waals surface area contributed by atoms with Crippen molar-refractivity contribution in [1.29, 1.82) is 0 Å². The monoisotopic (exact) mass is 743 g/mol. The number of hydrogen-bond acceptors (Lipinski definition) is 3. The van der Waals surface area contributed by atoms with Crippen molar-refractivity contribution < 1.29 is 0 Å². The summed E-state index contributed by atoms with van der Waals surface area (Å²) in [5, 5.41) is 12.0. The van der Waals surface area contributed by atoms with E-state index in [1.54, 1.807) is 0 Å². The van der Waals surface area contributed by atoms with E-state index < -0.39 is 0 Å². The molecule has 0 fully saturated rings. The van der Waals surface area contributed by atoms with Crippen LogP contribution < -0.4 is 0 Å². The van der Waals surface area contributed by atoms with Crippen molar-refractivity contribution in [2.45, 2.75) is 27.7 Å². The normalized spacial score (nSPS) is 12.6. The summed E-state index contributed by atoms with van der Waals surface area (Å²) in [4.78, 5) is 15.9. The molecule has 0 amide bonds. The number of pyridine rings is 2. The minimum Gasteiger partial charge on any atom is -0.251 e. The molecule has 2 aromatic heterocycles. The van der Waals surface area contributed by atoms with Crippen molar-refractivity contribution in [2.75, 3.05) is 0 Å². The van der Waals surface area contributed by atoms with Crippen LogP contribution in [0.1, 0.15) is 26.3 Å². The Balaban J connectivity index is 1.15. The molecular weight excluding hydrogens is 703 g/mol. The van der Waals surface area contributed by atoms with Gasteiger partial charge in [0.2, 0.25) is 0 Å². The van der Waals surface area contributed by atoms with Crippen LogP contribution in [0.5, 0.6) is 0 Å². The second kappa shape index (κ2) is 14.4. The van der Waals surface area contributed by atoms with Crippen molar-refractivity contribution >= 4 is 76.3 Å². The van der Waals surface area contributed by atoms with Crippen molar-refractivity contribution in [1.82, 2.24) is 9.97 Å². The van der Waals surface area contributed by atoms with Gasteiger partial charge in [-0.1, -0.05) is 158 Å². The molecule has 0 spiro atoms. The van der Waals surface area contributed by atoms with Gasteiger partial charge in [-0.2, -0.15) is 0 Å². The molecule has 10 aromatic rings. The van der Waals surface area contributed by atoms with Gasteiger partial charge in [-0.3, -0.25) is 4.99 Å². The molecule has 0 saturated heterocycles. The second-order valence-corrected chi connectivity index (χ2v) is 15.2. The van der Waals surface area contributed by atoms with Crippen LogP contribution in [0.15, 0.2) is 187 Å². The molecule has 276 valence electrons. The van der Waals surface area contributed by atoms with Crippen LogP contribution in [0.2, 0.25) is 0 Å². The zero-order chi connectivity index (χ0) is 39.3. The summed E-state index contributed by atoms with van der Waals surface area (Å²) in [5.41, 5.74) is 12.4. The highest BCUT2D eigenvalue weighted by Crippen LogP contribution is 2.44. The molecule has 0 aliphatic carbocycles. The first kappa shape index (κ1) is 35.2.